The molecule has 3 aromatic heterocycles. The van der Waals surface area contributed by atoms with Gasteiger partial charge in [-0.2, -0.15) is 0 Å². The van der Waals surface area contributed by atoms with E-state index in [9.17, 15) is 0 Å². The molecular formula is C46H26N2S. The number of fused-ring (bicyclic) bond motifs is 8. The second kappa shape index (κ2) is 10.2. The second-order valence-corrected chi connectivity index (χ2v) is 13.9. The molecule has 0 atom stereocenters. The summed E-state index contributed by atoms with van der Waals surface area (Å²) in [5, 5.41) is 10.3. The van der Waals surface area contributed by atoms with Crippen LogP contribution in [0.15, 0.2) is 158 Å². The zero-order valence-corrected chi connectivity index (χ0v) is 27.1. The monoisotopic (exact) mass is 638 g/mol. The van der Waals surface area contributed by atoms with E-state index in [0.717, 1.165) is 0 Å². The summed E-state index contributed by atoms with van der Waals surface area (Å²) >= 11 is 1.91. The van der Waals surface area contributed by atoms with Crippen LogP contribution in [-0.4, -0.2) is 9.97 Å². The average molecular weight is 639 g/mol. The molecule has 1 aliphatic rings. The van der Waals surface area contributed by atoms with Crippen LogP contribution in [0.3, 0.4) is 0 Å². The minimum atomic E-state index is 1.18. The summed E-state index contributed by atoms with van der Waals surface area (Å²) in [5.41, 5.74) is 12.6. The molecular weight excluding hydrogens is 613 g/mol. The molecule has 226 valence electrons. The summed E-state index contributed by atoms with van der Waals surface area (Å²) in [6, 6.07) is 49.3. The van der Waals surface area contributed by atoms with Crippen molar-refractivity contribution < 1.29 is 0 Å². The summed E-state index contributed by atoms with van der Waals surface area (Å²) in [6.07, 6.45) is 7.63. The van der Waals surface area contributed by atoms with Crippen LogP contribution in [0, 0.1) is 0 Å². The highest BCUT2D eigenvalue weighted by Gasteiger charge is 2.31. The molecule has 0 bridgehead atoms. The van der Waals surface area contributed by atoms with E-state index >= 15 is 0 Å². The summed E-state index contributed by atoms with van der Waals surface area (Å²) in [7, 11) is 0. The smallest absolute Gasteiger partial charge is 0.0440 e. The summed E-state index contributed by atoms with van der Waals surface area (Å²) < 4.78 is 2.67. The van der Waals surface area contributed by atoms with E-state index in [1.807, 2.05) is 36.1 Å². The molecule has 11 rings (SSSR count). The SMILES string of the molecule is c1ccc2c(-c3ccc4c5c(cccc35)-c3c-4c(-c4ccncc4)c4ccccc4c3-c3ccncc3)c3sc4ccccc4c3cc2c1. The summed E-state index contributed by atoms with van der Waals surface area (Å²) in [4.78, 5) is 8.78. The van der Waals surface area contributed by atoms with Crippen molar-refractivity contribution in [3.8, 4) is 55.6 Å². The van der Waals surface area contributed by atoms with Crippen molar-refractivity contribution in [2.45, 2.75) is 0 Å². The first-order valence-electron chi connectivity index (χ1n) is 16.6. The predicted molar refractivity (Wildman–Crippen MR) is 208 cm³/mol. The molecule has 0 amide bonds. The minimum absolute atomic E-state index is 1.18. The highest BCUT2D eigenvalue weighted by molar-refractivity contribution is 7.26. The zero-order valence-electron chi connectivity index (χ0n) is 26.3. The van der Waals surface area contributed by atoms with Crippen LogP contribution in [0.5, 0.6) is 0 Å². The Morgan fingerprint density at radius 2 is 0.918 bits per heavy atom. The number of nitrogens with zero attached hydrogens (tertiary/aromatic N) is 2. The van der Waals surface area contributed by atoms with Crippen molar-refractivity contribution in [3.05, 3.63) is 158 Å². The van der Waals surface area contributed by atoms with E-state index in [2.05, 4.69) is 143 Å². The largest absolute Gasteiger partial charge is 0.265 e. The van der Waals surface area contributed by atoms with Gasteiger partial charge in [0.25, 0.3) is 0 Å². The number of aromatic nitrogens is 2. The molecule has 0 saturated carbocycles. The van der Waals surface area contributed by atoms with Gasteiger partial charge in [0.15, 0.2) is 0 Å². The molecule has 0 unspecified atom stereocenters. The maximum Gasteiger partial charge on any atom is 0.0440 e. The van der Waals surface area contributed by atoms with Crippen molar-refractivity contribution >= 4 is 63.8 Å². The lowest BCUT2D eigenvalue weighted by Crippen LogP contribution is -1.93. The fourth-order valence-corrected chi connectivity index (χ4v) is 9.70. The Balaban J connectivity index is 1.32. The van der Waals surface area contributed by atoms with Gasteiger partial charge in [-0.1, -0.05) is 97.1 Å². The van der Waals surface area contributed by atoms with Crippen molar-refractivity contribution in [3.63, 3.8) is 0 Å². The number of benzene rings is 7. The maximum absolute atomic E-state index is 4.39. The molecule has 0 radical (unpaired) electrons. The molecule has 0 N–H and O–H groups in total. The van der Waals surface area contributed by atoms with Gasteiger partial charge in [0.05, 0.1) is 0 Å². The zero-order chi connectivity index (χ0) is 32.1. The molecule has 0 aliphatic heterocycles. The number of rotatable bonds is 3. The van der Waals surface area contributed by atoms with Gasteiger partial charge in [0.1, 0.15) is 0 Å². The normalized spacial score (nSPS) is 12.1. The lowest BCUT2D eigenvalue weighted by molar-refractivity contribution is 1.33. The molecule has 2 nitrogen and oxygen atoms in total. The first-order valence-corrected chi connectivity index (χ1v) is 17.5. The van der Waals surface area contributed by atoms with Crippen LogP contribution >= 0.6 is 11.3 Å². The standard InChI is InChI=1S/C46H26N2S/c1-2-9-30-29(8-1)26-38-31-10-5-6-15-39(31)49-46(38)43(30)35-16-17-37-42-34(35)13-7-14-36(42)44-40(27-18-22-47-23-19-27)32-11-3-4-12-33(32)41(45(37)44)28-20-24-48-25-21-28/h1-26H. The minimum Gasteiger partial charge on any atom is -0.265 e. The Bertz CT molecular complexity index is 2890. The Morgan fingerprint density at radius 3 is 1.61 bits per heavy atom. The fraction of sp³-hybridized carbons (Fsp3) is 0. The van der Waals surface area contributed by atoms with Gasteiger partial charge in [-0.25, -0.2) is 0 Å². The topological polar surface area (TPSA) is 25.8 Å². The predicted octanol–water partition coefficient (Wildman–Crippen LogP) is 13.0. The van der Waals surface area contributed by atoms with Gasteiger partial charge in [-0.05, 0) is 119 Å². The molecule has 3 heterocycles. The molecule has 10 aromatic rings. The first kappa shape index (κ1) is 26.9. The Hall–Kier alpha value is -6.16. The molecule has 0 fully saturated rings. The van der Waals surface area contributed by atoms with Gasteiger partial charge < -0.3 is 0 Å². The van der Waals surface area contributed by atoms with E-state index in [1.165, 1.54) is 108 Å². The molecule has 0 spiro atoms. The third kappa shape index (κ3) is 3.71. The third-order valence-corrected chi connectivity index (χ3v) is 11.6. The van der Waals surface area contributed by atoms with Crippen LogP contribution in [-0.2, 0) is 0 Å². The molecule has 49 heavy (non-hydrogen) atoms. The van der Waals surface area contributed by atoms with Crippen molar-refractivity contribution in [2.75, 3.05) is 0 Å². The fourth-order valence-electron chi connectivity index (χ4n) is 8.45. The highest BCUT2D eigenvalue weighted by atomic mass is 32.1. The van der Waals surface area contributed by atoms with E-state index in [1.54, 1.807) is 0 Å². The number of pyridine rings is 2. The number of hydrogen-bond acceptors (Lipinski definition) is 3. The van der Waals surface area contributed by atoms with Crippen molar-refractivity contribution in [2.24, 2.45) is 0 Å². The van der Waals surface area contributed by atoms with E-state index in [0.29, 0.717) is 0 Å². The van der Waals surface area contributed by atoms with E-state index in [-0.39, 0.29) is 0 Å². The summed E-state index contributed by atoms with van der Waals surface area (Å²) in [6.45, 7) is 0. The summed E-state index contributed by atoms with van der Waals surface area (Å²) in [5.74, 6) is 0. The quantitative estimate of drug-likeness (QED) is 0.192. The van der Waals surface area contributed by atoms with Crippen LogP contribution in [0.25, 0.3) is 108 Å². The number of thiophene rings is 1. The second-order valence-electron chi connectivity index (χ2n) is 12.9. The van der Waals surface area contributed by atoms with E-state index in [4.69, 9.17) is 0 Å². The van der Waals surface area contributed by atoms with Crippen LogP contribution in [0.4, 0.5) is 0 Å². The average Bonchev–Trinajstić information content (AvgIpc) is 3.70. The van der Waals surface area contributed by atoms with Crippen LogP contribution in [0.1, 0.15) is 0 Å². The van der Waals surface area contributed by atoms with Gasteiger partial charge in [-0.3, -0.25) is 9.97 Å². The van der Waals surface area contributed by atoms with Crippen molar-refractivity contribution in [1.82, 2.24) is 9.97 Å². The lowest BCUT2D eigenvalue weighted by Gasteiger charge is -2.20. The van der Waals surface area contributed by atoms with Crippen molar-refractivity contribution in [1.29, 1.82) is 0 Å². The molecule has 3 heteroatoms. The van der Waals surface area contributed by atoms with Gasteiger partial charge in [-0.15, -0.1) is 11.3 Å². The Kier molecular flexibility index (Phi) is 5.57. The molecule has 0 saturated heterocycles. The third-order valence-electron chi connectivity index (χ3n) is 10.4. The van der Waals surface area contributed by atoms with Gasteiger partial charge in [0.2, 0.25) is 0 Å². The highest BCUT2D eigenvalue weighted by Crippen LogP contribution is 2.59. The number of hydrogen-bond donors (Lipinski definition) is 0. The van der Waals surface area contributed by atoms with Gasteiger partial charge >= 0.3 is 0 Å². The molecule has 1 aliphatic carbocycles. The maximum atomic E-state index is 4.39. The van der Waals surface area contributed by atoms with E-state index < -0.39 is 0 Å². The van der Waals surface area contributed by atoms with Crippen LogP contribution < -0.4 is 0 Å². The molecule has 7 aromatic carbocycles. The van der Waals surface area contributed by atoms with Gasteiger partial charge in [0, 0.05) is 50.5 Å². The first-order chi connectivity index (χ1) is 24.3. The lowest BCUT2D eigenvalue weighted by atomic mass is 9.83. The van der Waals surface area contributed by atoms with Crippen LogP contribution in [0.2, 0.25) is 0 Å². The Morgan fingerprint density at radius 1 is 0.367 bits per heavy atom. The Labute approximate surface area is 286 Å².